The molecule has 0 spiro atoms. The van der Waals surface area contributed by atoms with Gasteiger partial charge in [-0.2, -0.15) is 0 Å². The summed E-state index contributed by atoms with van der Waals surface area (Å²) in [6, 6.07) is 6.48. The predicted molar refractivity (Wildman–Crippen MR) is 80.5 cm³/mol. The van der Waals surface area contributed by atoms with Crippen molar-refractivity contribution in [2.24, 2.45) is 0 Å². The van der Waals surface area contributed by atoms with Gasteiger partial charge < -0.3 is 14.4 Å². The van der Waals surface area contributed by atoms with E-state index in [2.05, 4.69) is 9.80 Å². The molecule has 0 aromatic heterocycles. The first kappa shape index (κ1) is 13.8. The van der Waals surface area contributed by atoms with E-state index in [1.54, 1.807) is 13.2 Å². The number of benzene rings is 1. The SMILES string of the molecule is COc1cc([N+](=O)[O-])ccc1N1CC2CC1CN2C1COC1. The summed E-state index contributed by atoms with van der Waals surface area (Å²) >= 11 is 0. The van der Waals surface area contributed by atoms with E-state index < -0.39 is 0 Å². The topological polar surface area (TPSA) is 68.1 Å². The Morgan fingerprint density at radius 3 is 2.64 bits per heavy atom. The fourth-order valence-corrected chi connectivity index (χ4v) is 3.87. The third kappa shape index (κ3) is 2.04. The molecule has 0 radical (unpaired) electrons. The highest BCUT2D eigenvalue weighted by molar-refractivity contribution is 5.64. The van der Waals surface area contributed by atoms with Crippen LogP contribution in [0.1, 0.15) is 6.42 Å². The Hall–Kier alpha value is -1.86. The smallest absolute Gasteiger partial charge is 0.273 e. The molecule has 0 aliphatic carbocycles. The second-order valence-electron chi connectivity index (χ2n) is 6.20. The number of nitro groups is 1. The Morgan fingerprint density at radius 1 is 1.27 bits per heavy atom. The first-order chi connectivity index (χ1) is 10.7. The van der Waals surface area contributed by atoms with Crippen LogP contribution in [0, 0.1) is 10.1 Å². The van der Waals surface area contributed by atoms with E-state index in [1.807, 2.05) is 6.07 Å². The highest BCUT2D eigenvalue weighted by atomic mass is 16.6. The van der Waals surface area contributed by atoms with E-state index in [1.165, 1.54) is 6.07 Å². The number of anilines is 1. The number of hydrogen-bond acceptors (Lipinski definition) is 6. The summed E-state index contributed by atoms with van der Waals surface area (Å²) in [5, 5.41) is 10.9. The van der Waals surface area contributed by atoms with Gasteiger partial charge in [-0.1, -0.05) is 0 Å². The molecule has 4 rings (SSSR count). The lowest BCUT2D eigenvalue weighted by Gasteiger charge is -2.43. The van der Waals surface area contributed by atoms with Gasteiger partial charge in [0.25, 0.3) is 5.69 Å². The molecule has 22 heavy (non-hydrogen) atoms. The molecule has 3 saturated heterocycles. The van der Waals surface area contributed by atoms with Crippen LogP contribution in [0.4, 0.5) is 11.4 Å². The van der Waals surface area contributed by atoms with Crippen molar-refractivity contribution in [3.63, 3.8) is 0 Å². The molecular formula is C15H19N3O4. The monoisotopic (exact) mass is 305 g/mol. The highest BCUT2D eigenvalue weighted by Crippen LogP contribution is 2.41. The lowest BCUT2D eigenvalue weighted by atomic mass is 10.1. The first-order valence-electron chi connectivity index (χ1n) is 7.60. The Balaban J connectivity index is 1.55. The largest absolute Gasteiger partial charge is 0.494 e. The third-order valence-electron chi connectivity index (χ3n) is 5.06. The maximum Gasteiger partial charge on any atom is 0.273 e. The van der Waals surface area contributed by atoms with Gasteiger partial charge in [0.15, 0.2) is 0 Å². The van der Waals surface area contributed by atoms with Crippen molar-refractivity contribution in [3.8, 4) is 5.75 Å². The fraction of sp³-hybridized carbons (Fsp3) is 0.600. The quantitative estimate of drug-likeness (QED) is 0.616. The zero-order chi connectivity index (χ0) is 15.3. The summed E-state index contributed by atoms with van der Waals surface area (Å²) in [5.74, 6) is 0.584. The number of nitrogens with zero attached hydrogens (tertiary/aromatic N) is 3. The van der Waals surface area contributed by atoms with E-state index in [-0.39, 0.29) is 10.6 Å². The number of non-ortho nitro benzene ring substituents is 1. The average molecular weight is 305 g/mol. The minimum atomic E-state index is -0.388. The van der Waals surface area contributed by atoms with Crippen molar-refractivity contribution in [1.29, 1.82) is 0 Å². The van der Waals surface area contributed by atoms with Crippen molar-refractivity contribution in [1.82, 2.24) is 4.90 Å². The van der Waals surface area contributed by atoms with Crippen LogP contribution in [0.3, 0.4) is 0 Å². The highest BCUT2D eigenvalue weighted by Gasteiger charge is 2.47. The molecule has 0 N–H and O–H groups in total. The molecular weight excluding hydrogens is 286 g/mol. The molecule has 2 unspecified atom stereocenters. The molecule has 0 saturated carbocycles. The molecule has 2 bridgehead atoms. The van der Waals surface area contributed by atoms with E-state index in [0.29, 0.717) is 23.9 Å². The van der Waals surface area contributed by atoms with Crippen LogP contribution in [0.25, 0.3) is 0 Å². The summed E-state index contributed by atoms with van der Waals surface area (Å²) in [6.45, 7) is 3.70. The molecule has 1 aromatic carbocycles. The lowest BCUT2D eigenvalue weighted by Crippen LogP contribution is -2.56. The normalized spacial score (nSPS) is 28.0. The zero-order valence-electron chi connectivity index (χ0n) is 12.5. The third-order valence-corrected chi connectivity index (χ3v) is 5.06. The second-order valence-corrected chi connectivity index (χ2v) is 6.20. The maximum absolute atomic E-state index is 10.9. The number of ether oxygens (including phenoxy) is 2. The molecule has 7 nitrogen and oxygen atoms in total. The Labute approximate surface area is 128 Å². The van der Waals surface area contributed by atoms with Gasteiger partial charge in [-0.3, -0.25) is 15.0 Å². The Bertz CT molecular complexity index is 604. The van der Waals surface area contributed by atoms with Gasteiger partial charge in [0.2, 0.25) is 0 Å². The molecule has 1 aromatic rings. The van der Waals surface area contributed by atoms with Crippen LogP contribution < -0.4 is 9.64 Å². The predicted octanol–water partition coefficient (Wildman–Crippen LogP) is 1.27. The molecule has 2 atom stereocenters. The molecule has 3 fully saturated rings. The standard InChI is InChI=1S/C15H19N3O4/c1-21-15-5-10(18(19)20)2-3-14(15)17-7-11-4-12(17)6-16(11)13-8-22-9-13/h2-3,5,11-13H,4,6-9H2,1H3. The molecule has 118 valence electrons. The Morgan fingerprint density at radius 2 is 2.09 bits per heavy atom. The van der Waals surface area contributed by atoms with Crippen molar-refractivity contribution in [2.45, 2.75) is 24.5 Å². The van der Waals surface area contributed by atoms with E-state index in [9.17, 15) is 10.1 Å². The van der Waals surface area contributed by atoms with Crippen LogP contribution in [0.15, 0.2) is 18.2 Å². The lowest BCUT2D eigenvalue weighted by molar-refractivity contribution is -0.384. The summed E-state index contributed by atoms with van der Waals surface area (Å²) in [4.78, 5) is 15.4. The van der Waals surface area contributed by atoms with Crippen molar-refractivity contribution in [3.05, 3.63) is 28.3 Å². The van der Waals surface area contributed by atoms with Crippen molar-refractivity contribution >= 4 is 11.4 Å². The van der Waals surface area contributed by atoms with E-state index >= 15 is 0 Å². The Kier molecular flexibility index (Phi) is 3.19. The number of methoxy groups -OCH3 is 1. The van der Waals surface area contributed by atoms with Gasteiger partial charge >= 0.3 is 0 Å². The second kappa shape index (κ2) is 5.10. The summed E-state index contributed by atoms with van der Waals surface area (Å²) in [7, 11) is 1.56. The zero-order valence-corrected chi connectivity index (χ0v) is 12.5. The summed E-state index contributed by atoms with van der Waals surface area (Å²) in [6.07, 6.45) is 1.15. The first-order valence-corrected chi connectivity index (χ1v) is 7.60. The minimum absolute atomic E-state index is 0.0678. The van der Waals surface area contributed by atoms with Gasteiger partial charge in [-0.05, 0) is 12.5 Å². The summed E-state index contributed by atoms with van der Waals surface area (Å²) < 4.78 is 10.7. The number of rotatable bonds is 4. The van der Waals surface area contributed by atoms with Crippen LogP contribution in [-0.4, -0.2) is 61.4 Å². The molecule has 3 aliphatic rings. The van der Waals surface area contributed by atoms with Crippen LogP contribution >= 0.6 is 0 Å². The van der Waals surface area contributed by atoms with Gasteiger partial charge in [0.05, 0.1) is 43.0 Å². The number of fused-ring (bicyclic) bond motifs is 2. The maximum atomic E-state index is 10.9. The molecule has 3 heterocycles. The van der Waals surface area contributed by atoms with Crippen LogP contribution in [0.5, 0.6) is 5.75 Å². The van der Waals surface area contributed by atoms with Crippen molar-refractivity contribution in [2.75, 3.05) is 38.3 Å². The average Bonchev–Trinajstić information content (AvgIpc) is 3.04. The van der Waals surface area contributed by atoms with Gasteiger partial charge in [-0.15, -0.1) is 0 Å². The molecule has 0 amide bonds. The summed E-state index contributed by atoms with van der Waals surface area (Å²) in [5.41, 5.74) is 1.03. The van der Waals surface area contributed by atoms with Gasteiger partial charge in [0.1, 0.15) is 5.75 Å². The number of piperazine rings is 1. The van der Waals surface area contributed by atoms with E-state index in [4.69, 9.17) is 9.47 Å². The van der Waals surface area contributed by atoms with Crippen LogP contribution in [-0.2, 0) is 4.74 Å². The number of nitro benzene ring substituents is 1. The van der Waals surface area contributed by atoms with Gasteiger partial charge in [0, 0.05) is 31.2 Å². The number of hydrogen-bond donors (Lipinski definition) is 0. The minimum Gasteiger partial charge on any atom is -0.494 e. The van der Waals surface area contributed by atoms with Crippen molar-refractivity contribution < 1.29 is 14.4 Å². The number of likely N-dealkylation sites (tertiary alicyclic amines) is 1. The van der Waals surface area contributed by atoms with Gasteiger partial charge in [-0.25, -0.2) is 0 Å². The molecule has 7 heteroatoms. The fourth-order valence-electron chi connectivity index (χ4n) is 3.87. The molecule has 3 aliphatic heterocycles. The van der Waals surface area contributed by atoms with E-state index in [0.717, 1.165) is 38.4 Å². The van der Waals surface area contributed by atoms with Crippen LogP contribution in [0.2, 0.25) is 0 Å².